The van der Waals surface area contributed by atoms with Crippen LogP contribution in [0, 0.1) is 0 Å². The molecule has 1 saturated carbocycles. The molecule has 10 heteroatoms. The van der Waals surface area contributed by atoms with E-state index in [0.717, 1.165) is 41.8 Å². The second-order valence-electron chi connectivity index (χ2n) is 8.41. The Morgan fingerprint density at radius 3 is 2.44 bits per heavy atom. The molecule has 6 nitrogen and oxygen atoms in total. The van der Waals surface area contributed by atoms with Crippen molar-refractivity contribution >= 4 is 20.9 Å². The molecule has 0 atom stereocenters. The zero-order chi connectivity index (χ0) is 24.5. The van der Waals surface area contributed by atoms with Crippen molar-refractivity contribution in [3.63, 3.8) is 0 Å². The van der Waals surface area contributed by atoms with Gasteiger partial charge in [0.15, 0.2) is 0 Å². The fraction of sp³-hybridized carbons (Fsp3) is 0.375. The molecule has 0 bridgehead atoms. The van der Waals surface area contributed by atoms with Crippen LogP contribution in [0.2, 0.25) is 0 Å². The average molecular weight is 495 g/mol. The number of sulfonamides is 1. The number of H-pyrrole nitrogens is 1. The van der Waals surface area contributed by atoms with Crippen molar-refractivity contribution in [2.24, 2.45) is 0 Å². The molecule has 0 radical (unpaired) electrons. The highest BCUT2D eigenvalue weighted by Crippen LogP contribution is 2.37. The molecular weight excluding hydrogens is 469 g/mol. The standard InChI is InChI=1S/C24H25F3N2O4S/c1-33-19-11-12-21-16(14-19)13-17(23(30)28-21)15-29(18-7-3-2-4-8-18)34(31,32)22-10-6-5-9-20(22)24(25,26)27/h5-6,9-14,18H,2-4,7-8,15H2,1H3,(H,28,30). The van der Waals surface area contributed by atoms with Crippen molar-refractivity contribution in [3.05, 3.63) is 70.0 Å². The average Bonchev–Trinajstić information content (AvgIpc) is 2.82. The van der Waals surface area contributed by atoms with Gasteiger partial charge in [0.2, 0.25) is 10.0 Å². The van der Waals surface area contributed by atoms with Gasteiger partial charge < -0.3 is 9.72 Å². The first-order valence-electron chi connectivity index (χ1n) is 11.0. The van der Waals surface area contributed by atoms with Gasteiger partial charge in [0.25, 0.3) is 5.56 Å². The van der Waals surface area contributed by atoms with Crippen molar-refractivity contribution in [1.29, 1.82) is 0 Å². The zero-order valence-corrected chi connectivity index (χ0v) is 19.4. The van der Waals surface area contributed by atoms with Gasteiger partial charge in [-0.05, 0) is 49.2 Å². The second-order valence-corrected chi connectivity index (χ2v) is 10.3. The van der Waals surface area contributed by atoms with Crippen LogP contribution in [0.15, 0.2) is 58.2 Å². The first kappa shape index (κ1) is 24.3. The number of pyridine rings is 1. The summed E-state index contributed by atoms with van der Waals surface area (Å²) in [6.45, 7) is -0.332. The van der Waals surface area contributed by atoms with Gasteiger partial charge in [-0.3, -0.25) is 4.79 Å². The molecule has 0 aliphatic heterocycles. The smallest absolute Gasteiger partial charge is 0.417 e. The third kappa shape index (κ3) is 4.83. The molecule has 0 spiro atoms. The van der Waals surface area contributed by atoms with Gasteiger partial charge in [0.1, 0.15) is 5.75 Å². The maximum absolute atomic E-state index is 13.7. The minimum Gasteiger partial charge on any atom is -0.497 e. The number of hydrogen-bond donors (Lipinski definition) is 1. The van der Waals surface area contributed by atoms with Crippen molar-refractivity contribution in [3.8, 4) is 5.75 Å². The Hall–Kier alpha value is -2.85. The Balaban J connectivity index is 1.82. The van der Waals surface area contributed by atoms with Gasteiger partial charge in [-0.1, -0.05) is 31.4 Å². The number of ether oxygens (including phenoxy) is 1. The Bertz CT molecular complexity index is 1350. The summed E-state index contributed by atoms with van der Waals surface area (Å²) in [6, 6.07) is 10.3. The van der Waals surface area contributed by atoms with Gasteiger partial charge >= 0.3 is 6.18 Å². The van der Waals surface area contributed by atoms with Crippen LogP contribution in [0.1, 0.15) is 43.2 Å². The number of benzene rings is 2. The first-order valence-corrected chi connectivity index (χ1v) is 12.4. The van der Waals surface area contributed by atoms with Crippen LogP contribution in [0.3, 0.4) is 0 Å². The van der Waals surface area contributed by atoms with E-state index in [9.17, 15) is 26.4 Å². The van der Waals surface area contributed by atoms with Crippen LogP contribution in [-0.4, -0.2) is 30.9 Å². The van der Waals surface area contributed by atoms with Crippen LogP contribution in [0.4, 0.5) is 13.2 Å². The molecule has 4 rings (SSSR count). The largest absolute Gasteiger partial charge is 0.497 e. The van der Waals surface area contributed by atoms with Crippen molar-refractivity contribution in [1.82, 2.24) is 9.29 Å². The van der Waals surface area contributed by atoms with E-state index < -0.39 is 38.3 Å². The monoisotopic (exact) mass is 494 g/mol. The van der Waals surface area contributed by atoms with Crippen molar-refractivity contribution in [2.45, 2.75) is 55.8 Å². The van der Waals surface area contributed by atoms with E-state index in [2.05, 4.69) is 4.98 Å². The summed E-state index contributed by atoms with van der Waals surface area (Å²) in [5.74, 6) is 0.557. The van der Waals surface area contributed by atoms with E-state index in [1.807, 2.05) is 0 Å². The predicted molar refractivity (Wildman–Crippen MR) is 122 cm³/mol. The summed E-state index contributed by atoms with van der Waals surface area (Å²) in [7, 11) is -3.06. The van der Waals surface area contributed by atoms with Gasteiger partial charge in [-0.15, -0.1) is 0 Å². The van der Waals surface area contributed by atoms with Crippen LogP contribution in [0.25, 0.3) is 10.9 Å². The Morgan fingerprint density at radius 1 is 1.06 bits per heavy atom. The molecule has 1 aromatic heterocycles. The summed E-state index contributed by atoms with van der Waals surface area (Å²) in [5.41, 5.74) is -1.01. The van der Waals surface area contributed by atoms with Gasteiger partial charge in [-0.2, -0.15) is 17.5 Å². The maximum atomic E-state index is 13.7. The maximum Gasteiger partial charge on any atom is 0.417 e. The number of halogens is 3. The highest BCUT2D eigenvalue weighted by Gasteiger charge is 2.41. The van der Waals surface area contributed by atoms with Crippen molar-refractivity contribution in [2.75, 3.05) is 7.11 Å². The molecule has 0 amide bonds. The normalized spacial score (nSPS) is 15.7. The van der Waals surface area contributed by atoms with E-state index in [-0.39, 0.29) is 12.1 Å². The number of aromatic amines is 1. The van der Waals surface area contributed by atoms with Crippen LogP contribution in [-0.2, 0) is 22.7 Å². The highest BCUT2D eigenvalue weighted by atomic mass is 32.2. The van der Waals surface area contributed by atoms with Crippen LogP contribution < -0.4 is 10.3 Å². The molecule has 182 valence electrons. The minimum absolute atomic E-state index is 0.152. The number of alkyl halides is 3. The third-order valence-electron chi connectivity index (χ3n) is 6.22. The number of methoxy groups -OCH3 is 1. The number of hydrogen-bond acceptors (Lipinski definition) is 4. The zero-order valence-electron chi connectivity index (χ0n) is 18.6. The SMILES string of the molecule is COc1ccc2[nH]c(=O)c(CN(C3CCCCC3)S(=O)(=O)c3ccccc3C(F)(F)F)cc2c1. The Kier molecular flexibility index (Phi) is 6.73. The van der Waals surface area contributed by atoms with Gasteiger partial charge in [-0.25, -0.2) is 8.42 Å². The molecule has 1 heterocycles. The Morgan fingerprint density at radius 2 is 1.76 bits per heavy atom. The quantitative estimate of drug-likeness (QED) is 0.518. The van der Waals surface area contributed by atoms with E-state index >= 15 is 0 Å². The van der Waals surface area contributed by atoms with E-state index in [1.54, 1.807) is 24.3 Å². The fourth-order valence-corrected chi connectivity index (χ4v) is 6.35. The first-order chi connectivity index (χ1) is 16.1. The third-order valence-corrected chi connectivity index (χ3v) is 8.17. The van der Waals surface area contributed by atoms with E-state index in [1.165, 1.54) is 13.2 Å². The second kappa shape index (κ2) is 9.42. The molecule has 1 N–H and O–H groups in total. The van der Waals surface area contributed by atoms with E-state index in [0.29, 0.717) is 29.5 Å². The molecule has 1 aliphatic carbocycles. The number of aromatic nitrogens is 1. The molecule has 1 aliphatic rings. The van der Waals surface area contributed by atoms with E-state index in [4.69, 9.17) is 4.74 Å². The summed E-state index contributed by atoms with van der Waals surface area (Å²) >= 11 is 0. The van der Waals surface area contributed by atoms with Crippen LogP contribution >= 0.6 is 0 Å². The number of nitrogens with one attached hydrogen (secondary N) is 1. The predicted octanol–water partition coefficient (Wildman–Crippen LogP) is 5.08. The molecular formula is C24H25F3N2O4S. The number of fused-ring (bicyclic) bond motifs is 1. The molecule has 1 fully saturated rings. The highest BCUT2D eigenvalue weighted by molar-refractivity contribution is 7.89. The van der Waals surface area contributed by atoms with Crippen molar-refractivity contribution < 1.29 is 26.3 Å². The molecule has 3 aromatic rings. The lowest BCUT2D eigenvalue weighted by Crippen LogP contribution is -2.42. The summed E-state index contributed by atoms with van der Waals surface area (Å²) < 4.78 is 74.7. The number of nitrogens with zero attached hydrogens (tertiary/aromatic N) is 1. The summed E-state index contributed by atoms with van der Waals surface area (Å²) in [6.07, 6.45) is -1.33. The Labute approximate surface area is 195 Å². The van der Waals surface area contributed by atoms with Gasteiger partial charge in [0, 0.05) is 29.1 Å². The molecule has 2 aromatic carbocycles. The lowest BCUT2D eigenvalue weighted by atomic mass is 9.95. The number of rotatable bonds is 6. The molecule has 0 saturated heterocycles. The summed E-state index contributed by atoms with van der Waals surface area (Å²) in [5, 5.41) is 0.630. The molecule has 0 unspecified atom stereocenters. The topological polar surface area (TPSA) is 79.5 Å². The summed E-state index contributed by atoms with van der Waals surface area (Å²) in [4.78, 5) is 14.7. The van der Waals surface area contributed by atoms with Crippen LogP contribution in [0.5, 0.6) is 5.75 Å². The molecule has 34 heavy (non-hydrogen) atoms. The lowest BCUT2D eigenvalue weighted by Gasteiger charge is -2.34. The fourth-order valence-electron chi connectivity index (χ4n) is 4.47. The lowest BCUT2D eigenvalue weighted by molar-refractivity contribution is -0.139. The van der Waals surface area contributed by atoms with Gasteiger partial charge in [0.05, 0.1) is 17.6 Å². The minimum atomic E-state index is -4.83.